The molecule has 0 saturated heterocycles. The van der Waals surface area contributed by atoms with Crippen LogP contribution in [0, 0.1) is 0 Å². The van der Waals surface area contributed by atoms with Gasteiger partial charge in [0, 0.05) is 13.1 Å². The second-order valence-electron chi connectivity index (χ2n) is 5.83. The summed E-state index contributed by atoms with van der Waals surface area (Å²) in [5.41, 5.74) is 1.12. The van der Waals surface area contributed by atoms with Gasteiger partial charge in [-0.2, -0.15) is 0 Å². The number of carbonyl (C=O) groups is 2. The summed E-state index contributed by atoms with van der Waals surface area (Å²) in [6.45, 7) is -0.145. The van der Waals surface area contributed by atoms with Crippen LogP contribution >= 0.6 is 11.6 Å². The maximum absolute atomic E-state index is 12.2. The predicted molar refractivity (Wildman–Crippen MR) is 109 cm³/mol. The number of hydrogen-bond acceptors (Lipinski definition) is 4. The number of para-hydroxylation sites is 1. The van der Waals surface area contributed by atoms with Crippen LogP contribution in [0.3, 0.4) is 0 Å². The van der Waals surface area contributed by atoms with E-state index in [9.17, 15) is 18.0 Å². The van der Waals surface area contributed by atoms with Crippen molar-refractivity contribution in [3.8, 4) is 0 Å². The molecular formula is C19H20ClN3O4S. The number of halogens is 1. The van der Waals surface area contributed by atoms with Gasteiger partial charge in [0.15, 0.2) is 0 Å². The van der Waals surface area contributed by atoms with E-state index in [1.807, 2.05) is 0 Å². The molecule has 0 aliphatic rings. The van der Waals surface area contributed by atoms with Gasteiger partial charge in [-0.05, 0) is 43.0 Å². The normalized spacial score (nSPS) is 11.4. The minimum Gasteiger partial charge on any atom is -0.333 e. The van der Waals surface area contributed by atoms with Gasteiger partial charge in [0.05, 0.1) is 22.2 Å². The first-order valence-electron chi connectivity index (χ1n) is 8.24. The summed E-state index contributed by atoms with van der Waals surface area (Å²) >= 11 is 5.99. The van der Waals surface area contributed by atoms with Crippen molar-refractivity contribution in [3.05, 3.63) is 65.2 Å². The lowest BCUT2D eigenvalue weighted by atomic mass is 10.2. The van der Waals surface area contributed by atoms with E-state index in [1.54, 1.807) is 42.5 Å². The molecule has 2 aromatic carbocycles. The maximum Gasteiger partial charge on any atom is 0.246 e. The zero-order chi connectivity index (χ0) is 20.7. The molecule has 0 saturated carbocycles. The molecule has 0 heterocycles. The van der Waals surface area contributed by atoms with Gasteiger partial charge in [-0.15, -0.1) is 0 Å². The predicted octanol–water partition coefficient (Wildman–Crippen LogP) is 2.36. The highest BCUT2D eigenvalue weighted by Crippen LogP contribution is 2.20. The number of carbonyl (C=O) groups excluding carboxylic acids is 2. The molecular weight excluding hydrogens is 402 g/mol. The molecule has 7 nitrogen and oxygen atoms in total. The first kappa shape index (κ1) is 21.6. The summed E-state index contributed by atoms with van der Waals surface area (Å²) in [5, 5.41) is 3.05. The summed E-state index contributed by atoms with van der Waals surface area (Å²) in [6, 6.07) is 12.9. The summed E-state index contributed by atoms with van der Waals surface area (Å²) in [5.74, 6) is -0.750. The standard InChI is InChI=1S/C19H20ClN3O4S/c1-21-28(26,27)15-10-7-14(8-11-15)9-12-19(25)23(2)13-18(24)22-17-6-4-3-5-16(17)20/h3-12,21H,13H2,1-2H3,(H,22,24)/b12-9+. The van der Waals surface area contributed by atoms with Crippen LogP contribution in [0.1, 0.15) is 5.56 Å². The van der Waals surface area contributed by atoms with Gasteiger partial charge in [-0.3, -0.25) is 9.59 Å². The lowest BCUT2D eigenvalue weighted by molar-refractivity contribution is -0.129. The maximum atomic E-state index is 12.2. The molecule has 0 aliphatic carbocycles. The van der Waals surface area contributed by atoms with Crippen molar-refractivity contribution in [2.45, 2.75) is 4.90 Å². The summed E-state index contributed by atoms with van der Waals surface area (Å²) in [6.07, 6.45) is 2.85. The molecule has 0 aliphatic heterocycles. The number of amides is 2. The number of likely N-dealkylation sites (N-methyl/N-ethyl adjacent to an activating group) is 1. The van der Waals surface area contributed by atoms with Crippen LogP contribution in [-0.2, 0) is 19.6 Å². The zero-order valence-corrected chi connectivity index (χ0v) is 16.9. The first-order chi connectivity index (χ1) is 13.2. The van der Waals surface area contributed by atoms with Crippen molar-refractivity contribution in [2.24, 2.45) is 0 Å². The molecule has 0 atom stereocenters. The Bertz CT molecular complexity index is 988. The van der Waals surface area contributed by atoms with E-state index in [0.29, 0.717) is 16.3 Å². The third-order valence-electron chi connectivity index (χ3n) is 3.78. The van der Waals surface area contributed by atoms with Crippen molar-refractivity contribution in [1.29, 1.82) is 0 Å². The minimum atomic E-state index is -3.51. The molecule has 0 spiro atoms. The van der Waals surface area contributed by atoms with E-state index in [0.717, 1.165) is 0 Å². The molecule has 0 bridgehead atoms. The van der Waals surface area contributed by atoms with Crippen molar-refractivity contribution in [2.75, 3.05) is 26.0 Å². The molecule has 28 heavy (non-hydrogen) atoms. The highest BCUT2D eigenvalue weighted by atomic mass is 35.5. The molecule has 0 radical (unpaired) electrons. The van der Waals surface area contributed by atoms with Crippen LogP contribution in [0.15, 0.2) is 59.5 Å². The van der Waals surface area contributed by atoms with Crippen molar-refractivity contribution in [1.82, 2.24) is 9.62 Å². The number of nitrogens with one attached hydrogen (secondary N) is 2. The Morgan fingerprint density at radius 2 is 1.75 bits per heavy atom. The van der Waals surface area contributed by atoms with Gasteiger partial charge in [0.1, 0.15) is 0 Å². The monoisotopic (exact) mass is 421 g/mol. The average Bonchev–Trinajstić information content (AvgIpc) is 2.68. The van der Waals surface area contributed by atoms with E-state index < -0.39 is 10.0 Å². The molecule has 0 aromatic heterocycles. The van der Waals surface area contributed by atoms with Crippen LogP contribution in [0.2, 0.25) is 5.02 Å². The Labute approximate surface area is 169 Å². The Hall–Kier alpha value is -2.68. The van der Waals surface area contributed by atoms with Crippen molar-refractivity contribution >= 4 is 45.2 Å². The SMILES string of the molecule is CNS(=O)(=O)c1ccc(/C=C/C(=O)N(C)CC(=O)Nc2ccccc2Cl)cc1. The van der Waals surface area contributed by atoms with Gasteiger partial charge < -0.3 is 10.2 Å². The molecule has 2 N–H and O–H groups in total. The van der Waals surface area contributed by atoms with Crippen LogP contribution < -0.4 is 10.0 Å². The fourth-order valence-electron chi connectivity index (χ4n) is 2.22. The molecule has 148 valence electrons. The van der Waals surface area contributed by atoms with E-state index in [1.165, 1.54) is 37.2 Å². The van der Waals surface area contributed by atoms with Crippen LogP contribution in [0.4, 0.5) is 5.69 Å². The molecule has 9 heteroatoms. The van der Waals surface area contributed by atoms with E-state index in [-0.39, 0.29) is 23.3 Å². The van der Waals surface area contributed by atoms with E-state index in [4.69, 9.17) is 11.6 Å². The largest absolute Gasteiger partial charge is 0.333 e. The smallest absolute Gasteiger partial charge is 0.246 e. The molecule has 2 rings (SSSR count). The van der Waals surface area contributed by atoms with Gasteiger partial charge in [-0.25, -0.2) is 13.1 Å². The fraction of sp³-hybridized carbons (Fsp3) is 0.158. The zero-order valence-electron chi connectivity index (χ0n) is 15.3. The van der Waals surface area contributed by atoms with Crippen molar-refractivity contribution in [3.63, 3.8) is 0 Å². The number of sulfonamides is 1. The first-order valence-corrected chi connectivity index (χ1v) is 10.1. The Balaban J connectivity index is 1.94. The Morgan fingerprint density at radius 3 is 2.36 bits per heavy atom. The lowest BCUT2D eigenvalue weighted by Gasteiger charge is -2.15. The second kappa shape index (κ2) is 9.50. The molecule has 0 fully saturated rings. The van der Waals surface area contributed by atoms with Gasteiger partial charge in [0.25, 0.3) is 0 Å². The number of hydrogen-bond donors (Lipinski definition) is 2. The van der Waals surface area contributed by atoms with E-state index >= 15 is 0 Å². The minimum absolute atomic E-state index is 0.131. The van der Waals surface area contributed by atoms with Crippen LogP contribution in [0.25, 0.3) is 6.08 Å². The summed E-state index contributed by atoms with van der Waals surface area (Å²) in [7, 11) is -0.671. The Morgan fingerprint density at radius 1 is 1.11 bits per heavy atom. The third-order valence-corrected chi connectivity index (χ3v) is 5.54. The Kier molecular flexibility index (Phi) is 7.33. The highest BCUT2D eigenvalue weighted by Gasteiger charge is 2.12. The number of anilines is 1. The third kappa shape index (κ3) is 5.91. The topological polar surface area (TPSA) is 95.6 Å². The summed E-state index contributed by atoms with van der Waals surface area (Å²) in [4.78, 5) is 25.6. The molecule has 2 amide bonds. The highest BCUT2D eigenvalue weighted by molar-refractivity contribution is 7.89. The summed E-state index contributed by atoms with van der Waals surface area (Å²) < 4.78 is 25.6. The molecule has 2 aromatic rings. The molecule has 0 unspecified atom stereocenters. The van der Waals surface area contributed by atoms with Crippen LogP contribution in [-0.4, -0.2) is 45.8 Å². The van der Waals surface area contributed by atoms with Crippen LogP contribution in [0.5, 0.6) is 0 Å². The van der Waals surface area contributed by atoms with Gasteiger partial charge in [-0.1, -0.05) is 35.9 Å². The van der Waals surface area contributed by atoms with Crippen molar-refractivity contribution < 1.29 is 18.0 Å². The average molecular weight is 422 g/mol. The number of nitrogens with zero attached hydrogens (tertiary/aromatic N) is 1. The second-order valence-corrected chi connectivity index (χ2v) is 8.13. The number of benzene rings is 2. The fourth-order valence-corrected chi connectivity index (χ4v) is 3.13. The van der Waals surface area contributed by atoms with E-state index in [2.05, 4.69) is 10.0 Å². The van der Waals surface area contributed by atoms with Gasteiger partial charge >= 0.3 is 0 Å². The number of rotatable bonds is 7. The lowest BCUT2D eigenvalue weighted by Crippen LogP contribution is -2.33. The quantitative estimate of drug-likeness (QED) is 0.671. The van der Waals surface area contributed by atoms with Gasteiger partial charge in [0.2, 0.25) is 21.8 Å².